The molecule has 0 saturated carbocycles. The summed E-state index contributed by atoms with van der Waals surface area (Å²) < 4.78 is 11.8. The number of carbonyl (C=O) groups excluding carboxylic acids is 1. The van der Waals surface area contributed by atoms with Gasteiger partial charge in [0.15, 0.2) is 11.5 Å². The smallest absolute Gasteiger partial charge is 0.275 e. The predicted octanol–water partition coefficient (Wildman–Crippen LogP) is 2.09. The van der Waals surface area contributed by atoms with E-state index in [0.29, 0.717) is 28.0 Å². The summed E-state index contributed by atoms with van der Waals surface area (Å²) in [5, 5.41) is 8.30. The van der Waals surface area contributed by atoms with Crippen molar-refractivity contribution in [2.24, 2.45) is 0 Å². The largest absolute Gasteiger partial charge is 0.454 e. The number of aromatic nitrogens is 2. The molecule has 1 aliphatic heterocycles. The zero-order valence-corrected chi connectivity index (χ0v) is 15.4. The quantitative estimate of drug-likeness (QED) is 0.536. The van der Waals surface area contributed by atoms with Crippen LogP contribution in [0.4, 0.5) is 0 Å². The number of nitrogens with zero attached hydrogens (tertiary/aromatic N) is 2. The van der Waals surface area contributed by atoms with E-state index < -0.39 is 0 Å². The van der Waals surface area contributed by atoms with Gasteiger partial charge in [-0.05, 0) is 29.8 Å². The molecule has 0 bridgehead atoms. The highest BCUT2D eigenvalue weighted by Gasteiger charge is 2.13. The van der Waals surface area contributed by atoms with Crippen molar-refractivity contribution in [3.8, 4) is 23.8 Å². The monoisotopic (exact) mass is 387 g/mol. The molecule has 0 radical (unpaired) electrons. The molecule has 0 aliphatic carbocycles. The predicted molar refractivity (Wildman–Crippen MR) is 108 cm³/mol. The van der Waals surface area contributed by atoms with Crippen molar-refractivity contribution >= 4 is 22.8 Å². The minimum atomic E-state index is -0.289. The fraction of sp³-hybridized carbons (Fsp3) is 0.136. The van der Waals surface area contributed by atoms with Crippen LogP contribution < -0.4 is 20.3 Å². The number of terminal acetylenes is 1. The maximum absolute atomic E-state index is 12.4. The van der Waals surface area contributed by atoms with Crippen LogP contribution in [-0.4, -0.2) is 22.5 Å². The van der Waals surface area contributed by atoms with E-state index in [1.54, 1.807) is 36.4 Å². The van der Waals surface area contributed by atoms with Crippen LogP contribution in [0.3, 0.4) is 0 Å². The second-order valence-electron chi connectivity index (χ2n) is 6.32. The van der Waals surface area contributed by atoms with E-state index in [1.165, 1.54) is 10.8 Å². The zero-order chi connectivity index (χ0) is 20.2. The van der Waals surface area contributed by atoms with E-state index in [4.69, 9.17) is 15.9 Å². The number of hydrogen-bond donors (Lipinski definition) is 1. The molecule has 7 nitrogen and oxygen atoms in total. The number of benzene rings is 2. The number of amides is 1. The van der Waals surface area contributed by atoms with Gasteiger partial charge in [-0.25, -0.2) is 4.68 Å². The number of carbonyl (C=O) groups is 1. The third-order valence-corrected chi connectivity index (χ3v) is 4.44. The standard InChI is InChI=1S/C22H17N3O4/c1-2-11-25-22(27)17-6-4-3-5-16(17)18(24-25)13-23-21(26)10-8-15-7-9-19-20(12-15)29-14-28-19/h1,3-10,12H,11,13-14H2,(H,23,26)/b10-8+. The molecule has 0 spiro atoms. The van der Waals surface area contributed by atoms with Crippen LogP contribution in [0.15, 0.2) is 53.3 Å². The van der Waals surface area contributed by atoms with Crippen molar-refractivity contribution in [2.75, 3.05) is 6.79 Å². The summed E-state index contributed by atoms with van der Waals surface area (Å²) >= 11 is 0. The first kappa shape index (κ1) is 18.3. The summed E-state index contributed by atoms with van der Waals surface area (Å²) in [6, 6.07) is 12.6. The van der Waals surface area contributed by atoms with Gasteiger partial charge in [0, 0.05) is 11.5 Å². The van der Waals surface area contributed by atoms with Gasteiger partial charge in [0.2, 0.25) is 12.7 Å². The van der Waals surface area contributed by atoms with E-state index >= 15 is 0 Å². The Morgan fingerprint density at radius 1 is 1.21 bits per heavy atom. The van der Waals surface area contributed by atoms with Gasteiger partial charge in [0.05, 0.1) is 17.6 Å². The second kappa shape index (κ2) is 7.90. The number of nitrogens with one attached hydrogen (secondary N) is 1. The summed E-state index contributed by atoms with van der Waals surface area (Å²) in [5.41, 5.74) is 1.13. The van der Waals surface area contributed by atoms with Gasteiger partial charge < -0.3 is 14.8 Å². The minimum Gasteiger partial charge on any atom is -0.454 e. The maximum atomic E-state index is 12.4. The van der Waals surface area contributed by atoms with Gasteiger partial charge in [-0.3, -0.25) is 9.59 Å². The Morgan fingerprint density at radius 3 is 2.83 bits per heavy atom. The molecule has 2 aromatic carbocycles. The molecule has 4 rings (SSSR count). The molecule has 0 atom stereocenters. The van der Waals surface area contributed by atoms with Crippen LogP contribution in [0.5, 0.6) is 11.5 Å². The summed E-state index contributed by atoms with van der Waals surface area (Å²) in [7, 11) is 0. The van der Waals surface area contributed by atoms with Crippen molar-refractivity contribution in [2.45, 2.75) is 13.1 Å². The van der Waals surface area contributed by atoms with Crippen LogP contribution in [0.1, 0.15) is 11.3 Å². The Morgan fingerprint density at radius 2 is 2.00 bits per heavy atom. The van der Waals surface area contributed by atoms with Crippen molar-refractivity contribution < 1.29 is 14.3 Å². The SMILES string of the molecule is C#CCn1nc(CNC(=O)/C=C/c2ccc3c(c2)OCO3)c2ccccc2c1=O. The molecule has 0 saturated heterocycles. The van der Waals surface area contributed by atoms with Gasteiger partial charge in [0.1, 0.15) is 6.54 Å². The average molecular weight is 387 g/mol. The molecule has 144 valence electrons. The van der Waals surface area contributed by atoms with Crippen LogP contribution in [-0.2, 0) is 17.9 Å². The van der Waals surface area contributed by atoms with Crippen LogP contribution in [0, 0.1) is 12.3 Å². The molecule has 0 fully saturated rings. The lowest BCUT2D eigenvalue weighted by molar-refractivity contribution is -0.116. The van der Waals surface area contributed by atoms with E-state index in [2.05, 4.69) is 16.3 Å². The van der Waals surface area contributed by atoms with Crippen molar-refractivity contribution in [1.29, 1.82) is 0 Å². The lowest BCUT2D eigenvalue weighted by atomic mass is 10.1. The highest BCUT2D eigenvalue weighted by atomic mass is 16.7. The Bertz CT molecular complexity index is 1220. The summed E-state index contributed by atoms with van der Waals surface area (Å²) in [6.45, 7) is 0.427. The van der Waals surface area contributed by atoms with E-state index in [0.717, 1.165) is 5.56 Å². The fourth-order valence-electron chi connectivity index (χ4n) is 3.05. The summed E-state index contributed by atoms with van der Waals surface area (Å²) in [6.07, 6.45) is 8.44. The van der Waals surface area contributed by atoms with E-state index in [9.17, 15) is 9.59 Å². The molecule has 1 aliphatic rings. The van der Waals surface area contributed by atoms with Gasteiger partial charge in [-0.2, -0.15) is 5.10 Å². The fourth-order valence-corrected chi connectivity index (χ4v) is 3.05. The average Bonchev–Trinajstić information content (AvgIpc) is 3.21. The first-order valence-electron chi connectivity index (χ1n) is 8.93. The summed E-state index contributed by atoms with van der Waals surface area (Å²) in [4.78, 5) is 24.7. The third-order valence-electron chi connectivity index (χ3n) is 4.44. The summed E-state index contributed by atoms with van der Waals surface area (Å²) in [5.74, 6) is 3.47. The molecule has 0 unspecified atom stereocenters. The molecular formula is C22H17N3O4. The molecule has 29 heavy (non-hydrogen) atoms. The van der Waals surface area contributed by atoms with Crippen LogP contribution in [0.2, 0.25) is 0 Å². The van der Waals surface area contributed by atoms with Crippen molar-refractivity contribution in [3.05, 3.63) is 70.2 Å². The Kier molecular flexibility index (Phi) is 4.99. The normalized spacial score (nSPS) is 12.2. The molecule has 2 heterocycles. The van der Waals surface area contributed by atoms with E-state index in [-0.39, 0.29) is 31.3 Å². The Balaban J connectivity index is 1.50. The highest BCUT2D eigenvalue weighted by molar-refractivity contribution is 5.92. The number of fused-ring (bicyclic) bond motifs is 2. The number of rotatable bonds is 5. The molecule has 1 aromatic heterocycles. The van der Waals surface area contributed by atoms with E-state index in [1.807, 2.05) is 12.1 Å². The molecule has 1 amide bonds. The second-order valence-corrected chi connectivity index (χ2v) is 6.32. The van der Waals surface area contributed by atoms with Crippen molar-refractivity contribution in [1.82, 2.24) is 15.1 Å². The van der Waals surface area contributed by atoms with Gasteiger partial charge in [-0.15, -0.1) is 6.42 Å². The lowest BCUT2D eigenvalue weighted by Gasteiger charge is -2.09. The topological polar surface area (TPSA) is 82.5 Å². The van der Waals surface area contributed by atoms with Gasteiger partial charge >= 0.3 is 0 Å². The minimum absolute atomic E-state index is 0.0641. The first-order chi connectivity index (χ1) is 14.2. The Hall–Kier alpha value is -4.05. The number of hydrogen-bond acceptors (Lipinski definition) is 5. The third kappa shape index (κ3) is 3.82. The zero-order valence-electron chi connectivity index (χ0n) is 15.4. The molecule has 1 N–H and O–H groups in total. The maximum Gasteiger partial charge on any atom is 0.275 e. The Labute approximate surface area is 166 Å². The first-order valence-corrected chi connectivity index (χ1v) is 8.93. The highest BCUT2D eigenvalue weighted by Crippen LogP contribution is 2.32. The lowest BCUT2D eigenvalue weighted by Crippen LogP contribution is -2.27. The van der Waals surface area contributed by atoms with Gasteiger partial charge in [0.25, 0.3) is 5.56 Å². The molecule has 3 aromatic rings. The number of ether oxygens (including phenoxy) is 2. The molecule has 7 heteroatoms. The van der Waals surface area contributed by atoms with Crippen LogP contribution >= 0.6 is 0 Å². The van der Waals surface area contributed by atoms with Crippen LogP contribution in [0.25, 0.3) is 16.8 Å². The molecular weight excluding hydrogens is 370 g/mol. The van der Waals surface area contributed by atoms with Crippen molar-refractivity contribution in [3.63, 3.8) is 0 Å². The van der Waals surface area contributed by atoms with Gasteiger partial charge in [-0.1, -0.05) is 30.2 Å².